The van der Waals surface area contributed by atoms with Crippen molar-refractivity contribution in [3.63, 3.8) is 0 Å². The molecule has 1 heteroatoms. The Labute approximate surface area is 107 Å². The standard InChI is InChI=1S/C16H30O/c1-12-6-7-14-15(2,3)9-5-10-16(14,4)13(12)8-11-17/h12-14,17H,5-11H2,1-4H3/t12-,13-,14?,16?/m0/s1. The highest BCUT2D eigenvalue weighted by Crippen LogP contribution is 2.61. The minimum absolute atomic E-state index is 0.373. The van der Waals surface area contributed by atoms with Crippen LogP contribution in [0.1, 0.15) is 66.2 Å². The molecule has 0 aliphatic heterocycles. The van der Waals surface area contributed by atoms with E-state index >= 15 is 0 Å². The van der Waals surface area contributed by atoms with Crippen LogP contribution < -0.4 is 0 Å². The predicted octanol–water partition coefficient (Wildman–Crippen LogP) is 4.25. The van der Waals surface area contributed by atoms with E-state index in [1.54, 1.807) is 0 Å². The van der Waals surface area contributed by atoms with E-state index in [1.807, 2.05) is 0 Å². The lowest BCUT2D eigenvalue weighted by molar-refractivity contribution is -0.0991. The lowest BCUT2D eigenvalue weighted by Crippen LogP contribution is -2.51. The van der Waals surface area contributed by atoms with Crippen LogP contribution in [0.25, 0.3) is 0 Å². The Balaban J connectivity index is 2.28. The Hall–Kier alpha value is -0.0400. The minimum Gasteiger partial charge on any atom is -0.396 e. The minimum atomic E-state index is 0.373. The normalized spacial score (nSPS) is 45.4. The summed E-state index contributed by atoms with van der Waals surface area (Å²) in [6.07, 6.45) is 7.96. The molecular formula is C16H30O. The molecule has 0 saturated heterocycles. The quantitative estimate of drug-likeness (QED) is 0.762. The van der Waals surface area contributed by atoms with Crippen molar-refractivity contribution in [3.8, 4) is 0 Å². The third-order valence-corrected chi connectivity index (χ3v) is 6.16. The molecule has 2 fully saturated rings. The molecule has 0 amide bonds. The number of fused-ring (bicyclic) bond motifs is 1. The van der Waals surface area contributed by atoms with Gasteiger partial charge in [-0.25, -0.2) is 0 Å². The molecule has 0 bridgehead atoms. The highest BCUT2D eigenvalue weighted by Gasteiger charge is 2.53. The topological polar surface area (TPSA) is 20.2 Å². The van der Waals surface area contributed by atoms with Crippen molar-refractivity contribution >= 4 is 0 Å². The summed E-state index contributed by atoms with van der Waals surface area (Å²) in [4.78, 5) is 0. The number of hydrogen-bond acceptors (Lipinski definition) is 1. The van der Waals surface area contributed by atoms with Gasteiger partial charge in [0.25, 0.3) is 0 Å². The monoisotopic (exact) mass is 238 g/mol. The maximum atomic E-state index is 9.37. The fourth-order valence-corrected chi connectivity index (χ4v) is 5.36. The SMILES string of the molecule is C[C@H]1CCC2C(C)(C)CCCC2(C)[C@H]1CCO. The molecule has 0 spiro atoms. The van der Waals surface area contributed by atoms with Gasteiger partial charge in [0.2, 0.25) is 0 Å². The second kappa shape index (κ2) is 4.57. The van der Waals surface area contributed by atoms with Crippen molar-refractivity contribution in [2.75, 3.05) is 6.61 Å². The van der Waals surface area contributed by atoms with Crippen molar-refractivity contribution in [1.29, 1.82) is 0 Å². The molecule has 2 saturated carbocycles. The largest absolute Gasteiger partial charge is 0.396 e. The van der Waals surface area contributed by atoms with E-state index in [1.165, 1.54) is 32.1 Å². The second-order valence-electron chi connectivity index (χ2n) is 7.57. The lowest BCUT2D eigenvalue weighted by atomic mass is 9.46. The van der Waals surface area contributed by atoms with E-state index < -0.39 is 0 Å². The van der Waals surface area contributed by atoms with Gasteiger partial charge in [-0.15, -0.1) is 0 Å². The number of hydrogen-bond donors (Lipinski definition) is 1. The van der Waals surface area contributed by atoms with Crippen LogP contribution >= 0.6 is 0 Å². The van der Waals surface area contributed by atoms with Gasteiger partial charge in [-0.05, 0) is 54.3 Å². The fourth-order valence-electron chi connectivity index (χ4n) is 5.36. The van der Waals surface area contributed by atoms with E-state index in [0.29, 0.717) is 17.4 Å². The summed E-state index contributed by atoms with van der Waals surface area (Å²) in [6, 6.07) is 0. The van der Waals surface area contributed by atoms with Gasteiger partial charge in [-0.2, -0.15) is 0 Å². The van der Waals surface area contributed by atoms with Gasteiger partial charge in [0.05, 0.1) is 0 Å². The summed E-state index contributed by atoms with van der Waals surface area (Å²) in [5.41, 5.74) is 1.00. The predicted molar refractivity (Wildman–Crippen MR) is 72.8 cm³/mol. The number of rotatable bonds is 2. The van der Waals surface area contributed by atoms with E-state index in [-0.39, 0.29) is 0 Å². The lowest BCUT2D eigenvalue weighted by Gasteiger charge is -2.59. The zero-order valence-electron chi connectivity index (χ0n) is 12.1. The summed E-state index contributed by atoms with van der Waals surface area (Å²) in [7, 11) is 0. The van der Waals surface area contributed by atoms with Crippen LogP contribution in [0, 0.1) is 28.6 Å². The van der Waals surface area contributed by atoms with Gasteiger partial charge in [0.15, 0.2) is 0 Å². The molecule has 0 heterocycles. The van der Waals surface area contributed by atoms with Gasteiger partial charge >= 0.3 is 0 Å². The molecular weight excluding hydrogens is 208 g/mol. The Kier molecular flexibility index (Phi) is 3.60. The van der Waals surface area contributed by atoms with E-state index in [9.17, 15) is 5.11 Å². The Morgan fingerprint density at radius 2 is 1.82 bits per heavy atom. The summed E-state index contributed by atoms with van der Waals surface area (Å²) < 4.78 is 0. The Morgan fingerprint density at radius 3 is 2.47 bits per heavy atom. The summed E-state index contributed by atoms with van der Waals surface area (Å²) in [5, 5.41) is 9.37. The van der Waals surface area contributed by atoms with Crippen molar-refractivity contribution in [2.24, 2.45) is 28.6 Å². The zero-order chi connectivity index (χ0) is 12.7. The van der Waals surface area contributed by atoms with Gasteiger partial charge in [-0.3, -0.25) is 0 Å². The maximum Gasteiger partial charge on any atom is 0.0433 e. The summed E-state index contributed by atoms with van der Waals surface area (Å²) >= 11 is 0. The molecule has 0 aromatic heterocycles. The van der Waals surface area contributed by atoms with Gasteiger partial charge in [0, 0.05) is 6.61 Å². The second-order valence-corrected chi connectivity index (χ2v) is 7.57. The van der Waals surface area contributed by atoms with Crippen LogP contribution in [0.2, 0.25) is 0 Å². The summed E-state index contributed by atoms with van der Waals surface area (Å²) in [6.45, 7) is 10.2. The molecule has 2 aliphatic carbocycles. The molecule has 0 radical (unpaired) electrons. The molecule has 2 unspecified atom stereocenters. The molecule has 0 aromatic rings. The van der Waals surface area contributed by atoms with Gasteiger partial charge < -0.3 is 5.11 Å². The Bertz CT molecular complexity index is 271. The Morgan fingerprint density at radius 1 is 1.12 bits per heavy atom. The molecule has 0 aromatic carbocycles. The molecule has 17 heavy (non-hydrogen) atoms. The maximum absolute atomic E-state index is 9.37. The molecule has 4 atom stereocenters. The van der Waals surface area contributed by atoms with E-state index in [0.717, 1.165) is 24.2 Å². The third-order valence-electron chi connectivity index (χ3n) is 6.16. The molecule has 100 valence electrons. The van der Waals surface area contributed by atoms with E-state index in [2.05, 4.69) is 27.7 Å². The van der Waals surface area contributed by atoms with Crippen molar-refractivity contribution in [3.05, 3.63) is 0 Å². The average molecular weight is 238 g/mol. The van der Waals surface area contributed by atoms with Crippen molar-refractivity contribution in [1.82, 2.24) is 0 Å². The first-order chi connectivity index (χ1) is 7.92. The molecule has 2 aliphatic rings. The van der Waals surface area contributed by atoms with Crippen LogP contribution in [0.3, 0.4) is 0 Å². The van der Waals surface area contributed by atoms with Crippen LogP contribution in [0.15, 0.2) is 0 Å². The van der Waals surface area contributed by atoms with Crippen LogP contribution in [0.4, 0.5) is 0 Å². The smallest absolute Gasteiger partial charge is 0.0433 e. The first-order valence-electron chi connectivity index (χ1n) is 7.52. The third kappa shape index (κ3) is 2.16. The molecule has 1 N–H and O–H groups in total. The molecule has 2 rings (SSSR count). The number of aliphatic hydroxyl groups is 1. The summed E-state index contributed by atoms with van der Waals surface area (Å²) in [5.74, 6) is 2.42. The fraction of sp³-hybridized carbons (Fsp3) is 1.00. The van der Waals surface area contributed by atoms with Crippen molar-refractivity contribution in [2.45, 2.75) is 66.2 Å². The van der Waals surface area contributed by atoms with Gasteiger partial charge in [-0.1, -0.05) is 40.5 Å². The van der Waals surface area contributed by atoms with Gasteiger partial charge in [0.1, 0.15) is 0 Å². The highest BCUT2D eigenvalue weighted by atomic mass is 16.3. The number of aliphatic hydroxyl groups excluding tert-OH is 1. The zero-order valence-corrected chi connectivity index (χ0v) is 12.1. The van der Waals surface area contributed by atoms with Crippen LogP contribution in [-0.2, 0) is 0 Å². The van der Waals surface area contributed by atoms with E-state index in [4.69, 9.17) is 0 Å². The first kappa shape index (κ1) is 13.4. The highest BCUT2D eigenvalue weighted by molar-refractivity contribution is 5.02. The van der Waals surface area contributed by atoms with Crippen molar-refractivity contribution < 1.29 is 5.11 Å². The van der Waals surface area contributed by atoms with Crippen LogP contribution in [-0.4, -0.2) is 11.7 Å². The average Bonchev–Trinajstić information content (AvgIpc) is 2.22. The first-order valence-corrected chi connectivity index (χ1v) is 7.52. The van der Waals surface area contributed by atoms with Crippen LogP contribution in [0.5, 0.6) is 0 Å². The molecule has 1 nitrogen and oxygen atoms in total.